The zero-order chi connectivity index (χ0) is 11.4. The monoisotopic (exact) mass is 224 g/mol. The molecule has 0 aromatic heterocycles. The van der Waals surface area contributed by atoms with Crippen molar-refractivity contribution in [2.75, 3.05) is 0 Å². The van der Waals surface area contributed by atoms with Crippen molar-refractivity contribution in [2.24, 2.45) is 17.8 Å². The lowest BCUT2D eigenvalue weighted by Crippen LogP contribution is -2.06. The van der Waals surface area contributed by atoms with Crippen LogP contribution >= 0.6 is 0 Å². The first-order valence-electron chi connectivity index (χ1n) is 6.97. The minimum Gasteiger partial charge on any atom is -0.481 e. The van der Waals surface area contributed by atoms with Crippen LogP contribution in [-0.2, 0) is 4.79 Å². The van der Waals surface area contributed by atoms with Gasteiger partial charge in [0, 0.05) is 6.42 Å². The highest BCUT2D eigenvalue weighted by atomic mass is 16.4. The van der Waals surface area contributed by atoms with Crippen LogP contribution in [0.3, 0.4) is 0 Å². The van der Waals surface area contributed by atoms with Crippen LogP contribution in [0.5, 0.6) is 0 Å². The molecule has 2 rings (SSSR count). The van der Waals surface area contributed by atoms with Gasteiger partial charge in [0.15, 0.2) is 0 Å². The Labute approximate surface area is 98.4 Å². The maximum Gasteiger partial charge on any atom is 0.303 e. The molecule has 0 bridgehead atoms. The van der Waals surface area contributed by atoms with Gasteiger partial charge < -0.3 is 5.11 Å². The van der Waals surface area contributed by atoms with E-state index in [0.29, 0.717) is 6.42 Å². The molecule has 2 fully saturated rings. The SMILES string of the molecule is O=C(O)CCC1CC1CCC1CCCCC1. The molecule has 1 N–H and O–H groups in total. The van der Waals surface area contributed by atoms with Crippen molar-refractivity contribution in [3.63, 3.8) is 0 Å². The second-order valence-corrected chi connectivity index (χ2v) is 5.77. The number of aliphatic carboxylic acids is 1. The molecule has 0 radical (unpaired) electrons. The third-order valence-electron chi connectivity index (χ3n) is 4.47. The summed E-state index contributed by atoms with van der Waals surface area (Å²) in [5, 5.41) is 8.61. The lowest BCUT2D eigenvalue weighted by Gasteiger charge is -2.21. The molecule has 0 aromatic rings. The fourth-order valence-electron chi connectivity index (χ4n) is 3.25. The van der Waals surface area contributed by atoms with Crippen molar-refractivity contribution in [2.45, 2.75) is 64.2 Å². The van der Waals surface area contributed by atoms with Gasteiger partial charge in [-0.25, -0.2) is 0 Å². The van der Waals surface area contributed by atoms with Crippen molar-refractivity contribution in [1.29, 1.82) is 0 Å². The molecular formula is C14H24O2. The number of hydrogen-bond donors (Lipinski definition) is 1. The summed E-state index contributed by atoms with van der Waals surface area (Å²) in [6, 6.07) is 0. The molecule has 2 nitrogen and oxygen atoms in total. The van der Waals surface area contributed by atoms with E-state index in [2.05, 4.69) is 0 Å². The van der Waals surface area contributed by atoms with Gasteiger partial charge >= 0.3 is 5.97 Å². The van der Waals surface area contributed by atoms with Crippen LogP contribution in [0.25, 0.3) is 0 Å². The third-order valence-corrected chi connectivity index (χ3v) is 4.47. The number of rotatable bonds is 6. The van der Waals surface area contributed by atoms with Gasteiger partial charge in [-0.1, -0.05) is 38.5 Å². The number of carboxylic acids is 1. The summed E-state index contributed by atoms with van der Waals surface area (Å²) in [4.78, 5) is 10.4. The second kappa shape index (κ2) is 5.70. The first kappa shape index (κ1) is 11.9. The summed E-state index contributed by atoms with van der Waals surface area (Å²) in [6.07, 6.45) is 12.6. The molecule has 2 unspecified atom stereocenters. The van der Waals surface area contributed by atoms with Crippen LogP contribution in [0.15, 0.2) is 0 Å². The molecule has 0 heterocycles. The van der Waals surface area contributed by atoms with E-state index >= 15 is 0 Å². The van der Waals surface area contributed by atoms with E-state index in [0.717, 1.165) is 24.2 Å². The Balaban J connectivity index is 1.53. The molecule has 92 valence electrons. The van der Waals surface area contributed by atoms with Crippen molar-refractivity contribution in [3.05, 3.63) is 0 Å². The van der Waals surface area contributed by atoms with Gasteiger partial charge in [0.05, 0.1) is 0 Å². The highest BCUT2D eigenvalue weighted by molar-refractivity contribution is 5.66. The molecular weight excluding hydrogens is 200 g/mol. The predicted octanol–water partition coefficient (Wildman–Crippen LogP) is 3.85. The quantitative estimate of drug-likeness (QED) is 0.744. The number of carboxylic acid groups (broad SMARTS) is 1. The Hall–Kier alpha value is -0.530. The fraction of sp³-hybridized carbons (Fsp3) is 0.929. The first-order chi connectivity index (χ1) is 7.75. The maximum absolute atomic E-state index is 10.4. The number of carbonyl (C=O) groups is 1. The average molecular weight is 224 g/mol. The maximum atomic E-state index is 10.4. The lowest BCUT2D eigenvalue weighted by atomic mass is 9.85. The van der Waals surface area contributed by atoms with Gasteiger partial charge in [-0.2, -0.15) is 0 Å². The molecule has 2 aliphatic rings. The van der Waals surface area contributed by atoms with Gasteiger partial charge in [-0.3, -0.25) is 4.79 Å². The van der Waals surface area contributed by atoms with E-state index in [-0.39, 0.29) is 0 Å². The van der Waals surface area contributed by atoms with E-state index in [4.69, 9.17) is 5.11 Å². The minimum absolute atomic E-state index is 0.380. The fourth-order valence-corrected chi connectivity index (χ4v) is 3.25. The van der Waals surface area contributed by atoms with Crippen molar-refractivity contribution in [1.82, 2.24) is 0 Å². The minimum atomic E-state index is -0.627. The van der Waals surface area contributed by atoms with Crippen molar-refractivity contribution in [3.8, 4) is 0 Å². The first-order valence-corrected chi connectivity index (χ1v) is 6.97. The summed E-state index contributed by atoms with van der Waals surface area (Å²) in [5.74, 6) is 1.99. The molecule has 2 aliphatic carbocycles. The highest BCUT2D eigenvalue weighted by Crippen LogP contribution is 2.46. The summed E-state index contributed by atoms with van der Waals surface area (Å²) in [6.45, 7) is 0. The van der Waals surface area contributed by atoms with E-state index in [1.165, 1.54) is 51.4 Å². The smallest absolute Gasteiger partial charge is 0.303 e. The van der Waals surface area contributed by atoms with Gasteiger partial charge in [-0.15, -0.1) is 0 Å². The van der Waals surface area contributed by atoms with Crippen molar-refractivity contribution < 1.29 is 9.90 Å². The number of hydrogen-bond acceptors (Lipinski definition) is 1. The highest BCUT2D eigenvalue weighted by Gasteiger charge is 2.36. The zero-order valence-corrected chi connectivity index (χ0v) is 10.2. The van der Waals surface area contributed by atoms with E-state index in [1.54, 1.807) is 0 Å². The Morgan fingerprint density at radius 1 is 1.00 bits per heavy atom. The van der Waals surface area contributed by atoms with Gasteiger partial charge in [-0.05, 0) is 37.0 Å². The Bertz CT molecular complexity index is 231. The molecule has 0 aliphatic heterocycles. The molecule has 0 saturated heterocycles. The van der Waals surface area contributed by atoms with Crippen LogP contribution in [-0.4, -0.2) is 11.1 Å². The third kappa shape index (κ3) is 3.80. The van der Waals surface area contributed by atoms with Gasteiger partial charge in [0.2, 0.25) is 0 Å². The van der Waals surface area contributed by atoms with Crippen molar-refractivity contribution >= 4 is 5.97 Å². The van der Waals surface area contributed by atoms with Crippen LogP contribution in [0, 0.1) is 17.8 Å². The lowest BCUT2D eigenvalue weighted by molar-refractivity contribution is -0.137. The summed E-state index contributed by atoms with van der Waals surface area (Å²) in [7, 11) is 0. The zero-order valence-electron chi connectivity index (χ0n) is 10.2. The normalized spacial score (nSPS) is 30.2. The molecule has 16 heavy (non-hydrogen) atoms. The van der Waals surface area contributed by atoms with Crippen LogP contribution in [0.4, 0.5) is 0 Å². The van der Waals surface area contributed by atoms with E-state index in [9.17, 15) is 4.79 Å². The van der Waals surface area contributed by atoms with Crippen LogP contribution in [0.2, 0.25) is 0 Å². The summed E-state index contributed by atoms with van der Waals surface area (Å²) >= 11 is 0. The Morgan fingerprint density at radius 3 is 2.38 bits per heavy atom. The van der Waals surface area contributed by atoms with Gasteiger partial charge in [0.1, 0.15) is 0 Å². The van der Waals surface area contributed by atoms with E-state index in [1.807, 2.05) is 0 Å². The van der Waals surface area contributed by atoms with Crippen LogP contribution < -0.4 is 0 Å². The molecule has 2 saturated carbocycles. The second-order valence-electron chi connectivity index (χ2n) is 5.77. The van der Waals surface area contributed by atoms with Gasteiger partial charge in [0.25, 0.3) is 0 Å². The molecule has 0 spiro atoms. The van der Waals surface area contributed by atoms with E-state index < -0.39 is 5.97 Å². The summed E-state index contributed by atoms with van der Waals surface area (Å²) in [5.41, 5.74) is 0. The Morgan fingerprint density at radius 2 is 1.69 bits per heavy atom. The molecule has 2 atom stereocenters. The Kier molecular flexibility index (Phi) is 4.25. The largest absolute Gasteiger partial charge is 0.481 e. The summed E-state index contributed by atoms with van der Waals surface area (Å²) < 4.78 is 0. The standard InChI is InChI=1S/C14H24O2/c15-14(16)9-8-13-10-12(13)7-6-11-4-2-1-3-5-11/h11-13H,1-10H2,(H,15,16). The molecule has 0 amide bonds. The average Bonchev–Trinajstić information content (AvgIpc) is 3.04. The molecule has 0 aromatic carbocycles. The molecule has 2 heteroatoms. The van der Waals surface area contributed by atoms with Crippen LogP contribution in [0.1, 0.15) is 64.2 Å². The predicted molar refractivity (Wildman–Crippen MR) is 64.3 cm³/mol. The topological polar surface area (TPSA) is 37.3 Å².